The van der Waals surface area contributed by atoms with Crippen molar-refractivity contribution in [2.45, 2.75) is 20.0 Å². The summed E-state index contributed by atoms with van der Waals surface area (Å²) in [5, 5.41) is 11.8. The van der Waals surface area contributed by atoms with Crippen molar-refractivity contribution >= 4 is 17.9 Å². The molecule has 7 heteroatoms. The number of aromatic carboxylic acids is 1. The number of urea groups is 1. The summed E-state index contributed by atoms with van der Waals surface area (Å²) >= 11 is 0. The molecule has 3 amide bonds. The highest BCUT2D eigenvalue weighted by Crippen LogP contribution is 2.10. The highest BCUT2D eigenvalue weighted by atomic mass is 16.4. The standard InChI is InChI=1S/C21H25N3O4/c1-4-24(14-16-7-9-17(10-8-16)19(25)23(2)3)21(28)22-13-15-5-11-18(12-6-15)20(26)27/h5-12H,4,13-14H2,1-3H3,(H,22,28)(H,26,27). The van der Waals surface area contributed by atoms with Gasteiger partial charge in [-0.05, 0) is 42.3 Å². The molecule has 2 rings (SSSR count). The van der Waals surface area contributed by atoms with Crippen LogP contribution in [0, 0.1) is 0 Å². The Bertz CT molecular complexity index is 830. The molecule has 2 N–H and O–H groups in total. The average Bonchev–Trinajstić information content (AvgIpc) is 2.70. The molecule has 0 saturated heterocycles. The van der Waals surface area contributed by atoms with Gasteiger partial charge >= 0.3 is 12.0 Å². The molecule has 0 radical (unpaired) electrons. The van der Waals surface area contributed by atoms with E-state index in [4.69, 9.17) is 5.11 Å². The van der Waals surface area contributed by atoms with Gasteiger partial charge in [0, 0.05) is 39.3 Å². The number of carboxylic acids is 1. The summed E-state index contributed by atoms with van der Waals surface area (Å²) in [6.07, 6.45) is 0. The topological polar surface area (TPSA) is 90.0 Å². The minimum atomic E-state index is -0.981. The third-order valence-electron chi connectivity index (χ3n) is 4.29. The molecular weight excluding hydrogens is 358 g/mol. The Morgan fingerprint density at radius 3 is 1.93 bits per heavy atom. The minimum Gasteiger partial charge on any atom is -0.478 e. The van der Waals surface area contributed by atoms with Crippen molar-refractivity contribution < 1.29 is 19.5 Å². The van der Waals surface area contributed by atoms with E-state index in [-0.39, 0.29) is 17.5 Å². The molecule has 28 heavy (non-hydrogen) atoms. The molecule has 0 heterocycles. The second kappa shape index (κ2) is 9.55. The van der Waals surface area contributed by atoms with Crippen molar-refractivity contribution in [3.63, 3.8) is 0 Å². The zero-order chi connectivity index (χ0) is 20.7. The number of hydrogen-bond donors (Lipinski definition) is 2. The molecule has 0 aromatic heterocycles. The first-order chi connectivity index (χ1) is 13.3. The SMILES string of the molecule is CCN(Cc1ccc(C(=O)N(C)C)cc1)C(=O)NCc1ccc(C(=O)O)cc1. The van der Waals surface area contributed by atoms with Crippen LogP contribution in [0.3, 0.4) is 0 Å². The fourth-order valence-electron chi connectivity index (χ4n) is 2.61. The smallest absolute Gasteiger partial charge is 0.335 e. The number of rotatable bonds is 7. The van der Waals surface area contributed by atoms with Crippen molar-refractivity contribution in [1.82, 2.24) is 15.1 Å². The molecule has 0 spiro atoms. The summed E-state index contributed by atoms with van der Waals surface area (Å²) < 4.78 is 0. The lowest BCUT2D eigenvalue weighted by molar-refractivity contribution is 0.0696. The van der Waals surface area contributed by atoms with Crippen LogP contribution in [0.15, 0.2) is 48.5 Å². The number of nitrogens with zero attached hydrogens (tertiary/aromatic N) is 2. The molecular formula is C21H25N3O4. The highest BCUT2D eigenvalue weighted by Gasteiger charge is 2.13. The maximum absolute atomic E-state index is 12.5. The van der Waals surface area contributed by atoms with Gasteiger partial charge in [-0.2, -0.15) is 0 Å². The van der Waals surface area contributed by atoms with E-state index in [1.54, 1.807) is 43.3 Å². The van der Waals surface area contributed by atoms with Crippen molar-refractivity contribution in [2.24, 2.45) is 0 Å². The van der Waals surface area contributed by atoms with Gasteiger partial charge in [0.1, 0.15) is 0 Å². The van der Waals surface area contributed by atoms with Gasteiger partial charge in [-0.1, -0.05) is 24.3 Å². The van der Waals surface area contributed by atoms with E-state index in [2.05, 4.69) is 5.32 Å². The molecule has 0 fully saturated rings. The summed E-state index contributed by atoms with van der Waals surface area (Å²) in [6, 6.07) is 13.4. The first-order valence-corrected chi connectivity index (χ1v) is 8.97. The molecule has 0 atom stereocenters. The number of carbonyl (C=O) groups is 3. The third kappa shape index (κ3) is 5.57. The molecule has 2 aromatic carbocycles. The van der Waals surface area contributed by atoms with Gasteiger partial charge in [-0.25, -0.2) is 9.59 Å². The van der Waals surface area contributed by atoms with Gasteiger partial charge in [0.15, 0.2) is 0 Å². The monoisotopic (exact) mass is 383 g/mol. The largest absolute Gasteiger partial charge is 0.478 e. The number of carboxylic acid groups (broad SMARTS) is 1. The van der Waals surface area contributed by atoms with Crippen molar-refractivity contribution in [3.05, 3.63) is 70.8 Å². The van der Waals surface area contributed by atoms with E-state index < -0.39 is 5.97 Å². The lowest BCUT2D eigenvalue weighted by Gasteiger charge is -2.22. The molecule has 2 aromatic rings. The van der Waals surface area contributed by atoms with E-state index in [0.717, 1.165) is 11.1 Å². The van der Waals surface area contributed by atoms with Crippen LogP contribution in [0.1, 0.15) is 38.8 Å². The quantitative estimate of drug-likeness (QED) is 0.769. The van der Waals surface area contributed by atoms with Crippen LogP contribution >= 0.6 is 0 Å². The van der Waals surface area contributed by atoms with Crippen LogP contribution in [0.4, 0.5) is 4.79 Å². The summed E-state index contributed by atoms with van der Waals surface area (Å²) in [5.41, 5.74) is 2.56. The second-order valence-corrected chi connectivity index (χ2v) is 6.57. The predicted octanol–water partition coefficient (Wildman–Crippen LogP) is 2.82. The van der Waals surface area contributed by atoms with E-state index in [1.165, 1.54) is 17.0 Å². The van der Waals surface area contributed by atoms with Gasteiger partial charge in [0.2, 0.25) is 0 Å². The Hall–Kier alpha value is -3.35. The molecule has 0 bridgehead atoms. The van der Waals surface area contributed by atoms with Gasteiger partial charge in [0.05, 0.1) is 5.56 Å². The van der Waals surface area contributed by atoms with E-state index in [1.807, 2.05) is 19.1 Å². The van der Waals surface area contributed by atoms with Gasteiger partial charge < -0.3 is 20.2 Å². The molecule has 0 aliphatic carbocycles. The molecule has 0 aliphatic heterocycles. The van der Waals surface area contributed by atoms with Crippen LogP contribution in [0.5, 0.6) is 0 Å². The number of carbonyl (C=O) groups excluding carboxylic acids is 2. The molecule has 148 valence electrons. The van der Waals surface area contributed by atoms with Crippen LogP contribution in [-0.2, 0) is 13.1 Å². The van der Waals surface area contributed by atoms with Gasteiger partial charge in [-0.15, -0.1) is 0 Å². The maximum Gasteiger partial charge on any atom is 0.335 e. The Morgan fingerprint density at radius 1 is 0.893 bits per heavy atom. The number of amides is 3. The van der Waals surface area contributed by atoms with Crippen molar-refractivity contribution in [3.8, 4) is 0 Å². The maximum atomic E-state index is 12.5. The molecule has 0 unspecified atom stereocenters. The second-order valence-electron chi connectivity index (χ2n) is 6.57. The fraction of sp³-hybridized carbons (Fsp3) is 0.286. The normalized spacial score (nSPS) is 10.2. The summed E-state index contributed by atoms with van der Waals surface area (Å²) in [6.45, 7) is 3.16. The Labute approximate surface area is 164 Å². The molecule has 0 aliphatic rings. The fourth-order valence-corrected chi connectivity index (χ4v) is 2.61. The third-order valence-corrected chi connectivity index (χ3v) is 4.29. The van der Waals surface area contributed by atoms with E-state index in [0.29, 0.717) is 25.2 Å². The van der Waals surface area contributed by atoms with Gasteiger partial charge in [-0.3, -0.25) is 4.79 Å². The number of nitrogens with one attached hydrogen (secondary N) is 1. The lowest BCUT2D eigenvalue weighted by atomic mass is 10.1. The zero-order valence-corrected chi connectivity index (χ0v) is 16.3. The average molecular weight is 383 g/mol. The number of benzene rings is 2. The summed E-state index contributed by atoms with van der Waals surface area (Å²) in [7, 11) is 3.41. The Kier molecular flexibility index (Phi) is 7.14. The zero-order valence-electron chi connectivity index (χ0n) is 16.3. The Morgan fingerprint density at radius 2 is 1.43 bits per heavy atom. The van der Waals surface area contributed by atoms with Crippen molar-refractivity contribution in [2.75, 3.05) is 20.6 Å². The van der Waals surface area contributed by atoms with Crippen LogP contribution in [0.25, 0.3) is 0 Å². The van der Waals surface area contributed by atoms with E-state index >= 15 is 0 Å². The highest BCUT2D eigenvalue weighted by molar-refractivity contribution is 5.93. The molecule has 7 nitrogen and oxygen atoms in total. The van der Waals surface area contributed by atoms with E-state index in [9.17, 15) is 14.4 Å². The van der Waals surface area contributed by atoms with Crippen molar-refractivity contribution in [1.29, 1.82) is 0 Å². The van der Waals surface area contributed by atoms with Crippen LogP contribution in [0.2, 0.25) is 0 Å². The summed E-state index contributed by atoms with van der Waals surface area (Å²) in [4.78, 5) is 38.4. The van der Waals surface area contributed by atoms with Crippen LogP contribution < -0.4 is 5.32 Å². The predicted molar refractivity (Wildman–Crippen MR) is 106 cm³/mol. The lowest BCUT2D eigenvalue weighted by Crippen LogP contribution is -2.39. The number of hydrogen-bond acceptors (Lipinski definition) is 3. The summed E-state index contributed by atoms with van der Waals surface area (Å²) in [5.74, 6) is -1.04. The Balaban J connectivity index is 1.94. The first kappa shape index (κ1) is 21.0. The minimum absolute atomic E-state index is 0.0643. The first-order valence-electron chi connectivity index (χ1n) is 8.97. The van der Waals surface area contributed by atoms with Crippen LogP contribution in [-0.4, -0.2) is 53.5 Å². The van der Waals surface area contributed by atoms with Gasteiger partial charge in [0.25, 0.3) is 5.91 Å². The molecule has 0 saturated carbocycles.